The van der Waals surface area contributed by atoms with Crippen molar-refractivity contribution in [1.82, 2.24) is 14.5 Å². The van der Waals surface area contributed by atoms with Crippen LogP contribution in [-0.2, 0) is 22.5 Å². The van der Waals surface area contributed by atoms with Crippen molar-refractivity contribution in [3.8, 4) is 5.13 Å². The van der Waals surface area contributed by atoms with Crippen molar-refractivity contribution in [2.45, 2.75) is 32.7 Å². The van der Waals surface area contributed by atoms with E-state index >= 15 is 0 Å². The van der Waals surface area contributed by atoms with Crippen molar-refractivity contribution >= 4 is 17.3 Å². The van der Waals surface area contributed by atoms with E-state index in [1.807, 2.05) is 36.7 Å². The van der Waals surface area contributed by atoms with Crippen LogP contribution < -0.4 is 0 Å². The maximum absolute atomic E-state index is 13.1. The minimum absolute atomic E-state index is 0.0659. The van der Waals surface area contributed by atoms with E-state index in [4.69, 9.17) is 4.74 Å². The number of piperidine rings is 1. The van der Waals surface area contributed by atoms with Gasteiger partial charge in [-0.25, -0.2) is 4.98 Å². The Hall–Kier alpha value is -2.44. The van der Waals surface area contributed by atoms with Crippen LogP contribution in [0.3, 0.4) is 0 Å². The molecule has 0 aliphatic carbocycles. The van der Waals surface area contributed by atoms with E-state index in [0.29, 0.717) is 13.2 Å². The first-order valence-corrected chi connectivity index (χ1v) is 11.1. The largest absolute Gasteiger partial charge is 0.466 e. The molecule has 1 saturated heterocycles. The fraction of sp³-hybridized carbons (Fsp3) is 0.391. The molecular formula is C23H27N3O2S. The lowest BCUT2D eigenvalue weighted by atomic mass is 9.75. The molecule has 0 spiro atoms. The second kappa shape index (κ2) is 8.93. The van der Waals surface area contributed by atoms with E-state index < -0.39 is 5.41 Å². The standard InChI is InChI=1S/C23H27N3O2S/c1-2-28-21(27)23(16-19-8-4-3-5-9-19)11-7-13-25(18-23)17-20-10-6-14-26(20)22-24-12-15-29-22/h3-6,8-10,12,14-15H,2,7,11,13,16-18H2,1H3/t23-/m1/s1. The Morgan fingerprint density at radius 2 is 2.10 bits per heavy atom. The van der Waals surface area contributed by atoms with Crippen molar-refractivity contribution in [2.24, 2.45) is 5.41 Å². The highest BCUT2D eigenvalue weighted by molar-refractivity contribution is 7.12. The van der Waals surface area contributed by atoms with Crippen LogP contribution in [-0.4, -0.2) is 40.1 Å². The number of carbonyl (C=O) groups excluding carboxylic acids is 1. The van der Waals surface area contributed by atoms with Gasteiger partial charge in [0.15, 0.2) is 5.13 Å². The Morgan fingerprint density at radius 3 is 2.86 bits per heavy atom. The Balaban J connectivity index is 1.55. The molecule has 0 N–H and O–H groups in total. The van der Waals surface area contributed by atoms with Crippen molar-refractivity contribution < 1.29 is 9.53 Å². The average Bonchev–Trinajstić information content (AvgIpc) is 3.41. The maximum Gasteiger partial charge on any atom is 0.313 e. The number of nitrogens with zero attached hydrogens (tertiary/aromatic N) is 3. The van der Waals surface area contributed by atoms with Gasteiger partial charge >= 0.3 is 5.97 Å². The molecule has 0 saturated carbocycles. The summed E-state index contributed by atoms with van der Waals surface area (Å²) < 4.78 is 7.69. The second-order valence-electron chi connectivity index (χ2n) is 7.66. The second-order valence-corrected chi connectivity index (χ2v) is 8.53. The highest BCUT2D eigenvalue weighted by Gasteiger charge is 2.43. The maximum atomic E-state index is 13.1. The monoisotopic (exact) mass is 409 g/mol. The van der Waals surface area contributed by atoms with Crippen LogP contribution in [0.1, 0.15) is 31.0 Å². The van der Waals surface area contributed by atoms with Gasteiger partial charge in [-0.05, 0) is 50.4 Å². The summed E-state index contributed by atoms with van der Waals surface area (Å²) in [5, 5.41) is 2.97. The summed E-state index contributed by atoms with van der Waals surface area (Å²) >= 11 is 1.63. The first kappa shape index (κ1) is 19.9. The zero-order chi connectivity index (χ0) is 20.1. The Labute approximate surface area is 176 Å². The molecule has 1 fully saturated rings. The van der Waals surface area contributed by atoms with Crippen molar-refractivity contribution in [2.75, 3.05) is 19.7 Å². The van der Waals surface area contributed by atoms with Crippen LogP contribution in [0.2, 0.25) is 0 Å². The molecule has 6 heteroatoms. The van der Waals surface area contributed by atoms with Crippen molar-refractivity contribution in [3.63, 3.8) is 0 Å². The average molecular weight is 410 g/mol. The topological polar surface area (TPSA) is 47.4 Å². The number of thiazole rings is 1. The number of rotatable bonds is 7. The van der Waals surface area contributed by atoms with Gasteiger partial charge in [-0.2, -0.15) is 0 Å². The minimum Gasteiger partial charge on any atom is -0.466 e. The first-order chi connectivity index (χ1) is 14.2. The van der Waals surface area contributed by atoms with Crippen LogP contribution in [0, 0.1) is 5.41 Å². The Kier molecular flexibility index (Phi) is 6.11. The zero-order valence-corrected chi connectivity index (χ0v) is 17.6. The Bertz CT molecular complexity index is 923. The summed E-state index contributed by atoms with van der Waals surface area (Å²) in [5.41, 5.74) is 1.89. The van der Waals surface area contributed by atoms with Gasteiger partial charge < -0.3 is 4.74 Å². The normalized spacial score (nSPS) is 19.9. The van der Waals surface area contributed by atoms with Crippen LogP contribution >= 0.6 is 11.3 Å². The molecule has 3 heterocycles. The molecule has 2 aromatic heterocycles. The van der Waals surface area contributed by atoms with E-state index in [1.165, 1.54) is 11.3 Å². The van der Waals surface area contributed by atoms with Gasteiger partial charge in [0.05, 0.1) is 12.0 Å². The predicted octanol–water partition coefficient (Wildman–Crippen LogP) is 4.32. The molecule has 1 atom stereocenters. The van der Waals surface area contributed by atoms with Crippen molar-refractivity contribution in [1.29, 1.82) is 0 Å². The summed E-state index contributed by atoms with van der Waals surface area (Å²) in [6.45, 7) is 4.79. The highest BCUT2D eigenvalue weighted by atomic mass is 32.1. The van der Waals surface area contributed by atoms with E-state index in [2.05, 4.69) is 44.9 Å². The van der Waals surface area contributed by atoms with Gasteiger partial charge in [0.25, 0.3) is 0 Å². The molecule has 0 amide bonds. The highest BCUT2D eigenvalue weighted by Crippen LogP contribution is 2.36. The number of hydrogen-bond acceptors (Lipinski definition) is 5. The molecule has 5 nitrogen and oxygen atoms in total. The molecule has 0 bridgehead atoms. The van der Waals surface area contributed by atoms with Crippen LogP contribution in [0.4, 0.5) is 0 Å². The summed E-state index contributed by atoms with van der Waals surface area (Å²) in [5.74, 6) is -0.0659. The van der Waals surface area contributed by atoms with E-state index in [1.54, 1.807) is 11.3 Å². The SMILES string of the molecule is CCOC(=O)[C@@]1(Cc2ccccc2)CCCN(Cc2cccn2-c2nccs2)C1. The van der Waals surface area contributed by atoms with Gasteiger partial charge in [-0.3, -0.25) is 14.3 Å². The van der Waals surface area contributed by atoms with Crippen LogP contribution in [0.15, 0.2) is 60.2 Å². The smallest absolute Gasteiger partial charge is 0.313 e. The number of ether oxygens (including phenoxy) is 1. The third kappa shape index (κ3) is 4.43. The summed E-state index contributed by atoms with van der Waals surface area (Å²) in [4.78, 5) is 19.9. The molecule has 0 unspecified atom stereocenters. The molecule has 4 rings (SSSR count). The lowest BCUT2D eigenvalue weighted by Gasteiger charge is -2.41. The third-order valence-electron chi connectivity index (χ3n) is 5.59. The molecule has 29 heavy (non-hydrogen) atoms. The van der Waals surface area contributed by atoms with Crippen molar-refractivity contribution in [3.05, 3.63) is 71.5 Å². The summed E-state index contributed by atoms with van der Waals surface area (Å²) in [6.07, 6.45) is 6.46. The molecule has 152 valence electrons. The minimum atomic E-state index is -0.492. The van der Waals surface area contributed by atoms with Gasteiger partial charge in [-0.15, -0.1) is 11.3 Å². The fourth-order valence-corrected chi connectivity index (χ4v) is 4.97. The molecule has 0 radical (unpaired) electrons. The van der Waals surface area contributed by atoms with Gasteiger partial charge in [-0.1, -0.05) is 30.3 Å². The van der Waals surface area contributed by atoms with Gasteiger partial charge in [0, 0.05) is 36.6 Å². The first-order valence-electron chi connectivity index (χ1n) is 10.2. The predicted molar refractivity (Wildman–Crippen MR) is 115 cm³/mol. The fourth-order valence-electron chi connectivity index (χ4n) is 4.31. The number of benzene rings is 1. The van der Waals surface area contributed by atoms with Gasteiger partial charge in [0.1, 0.15) is 0 Å². The van der Waals surface area contributed by atoms with E-state index in [0.717, 1.165) is 37.5 Å². The molecule has 3 aromatic rings. The summed E-state index contributed by atoms with van der Waals surface area (Å²) in [6, 6.07) is 14.5. The quantitative estimate of drug-likeness (QED) is 0.545. The van der Waals surface area contributed by atoms with Crippen LogP contribution in [0.5, 0.6) is 0 Å². The lowest BCUT2D eigenvalue weighted by molar-refractivity contribution is -0.159. The molecule has 1 aliphatic rings. The third-order valence-corrected chi connectivity index (χ3v) is 6.36. The number of likely N-dealkylation sites (tertiary alicyclic amines) is 1. The number of esters is 1. The molecule has 1 aromatic carbocycles. The summed E-state index contributed by atoms with van der Waals surface area (Å²) in [7, 11) is 0. The lowest BCUT2D eigenvalue weighted by Crippen LogP contribution is -2.49. The van der Waals surface area contributed by atoms with E-state index in [-0.39, 0.29) is 5.97 Å². The number of aromatic nitrogens is 2. The van der Waals surface area contributed by atoms with Gasteiger partial charge in [0.2, 0.25) is 0 Å². The Morgan fingerprint density at radius 1 is 1.24 bits per heavy atom. The molecule has 1 aliphatic heterocycles. The number of carbonyl (C=O) groups is 1. The number of hydrogen-bond donors (Lipinski definition) is 0. The zero-order valence-electron chi connectivity index (χ0n) is 16.8. The molecular weight excluding hydrogens is 382 g/mol. The van der Waals surface area contributed by atoms with E-state index in [9.17, 15) is 4.79 Å². The van der Waals surface area contributed by atoms with Crippen LogP contribution in [0.25, 0.3) is 5.13 Å².